The van der Waals surface area contributed by atoms with Crippen molar-refractivity contribution in [3.8, 4) is 0 Å². The molecule has 0 spiro atoms. The van der Waals surface area contributed by atoms with Crippen molar-refractivity contribution >= 4 is 5.95 Å². The molecule has 1 saturated heterocycles. The minimum Gasteiger partial charge on any atom is -0.342 e. The molecule has 0 saturated carbocycles. The van der Waals surface area contributed by atoms with Gasteiger partial charge in [0.15, 0.2) is 0 Å². The molecule has 1 aliphatic heterocycles. The number of rotatable bonds is 3. The molecule has 0 radical (unpaired) electrons. The molecule has 1 atom stereocenters. The summed E-state index contributed by atoms with van der Waals surface area (Å²) in [6, 6.07) is 0.255. The third-order valence-electron chi connectivity index (χ3n) is 2.86. The van der Waals surface area contributed by atoms with Gasteiger partial charge in [0, 0.05) is 13.6 Å². The normalized spacial score (nSPS) is 21.6. The average Bonchev–Trinajstić information content (AvgIpc) is 2.78. The second-order valence-corrected chi connectivity index (χ2v) is 3.95. The molecule has 0 aromatic carbocycles. The van der Waals surface area contributed by atoms with Crippen LogP contribution in [-0.4, -0.2) is 30.3 Å². The third kappa shape index (κ3) is 2.28. The van der Waals surface area contributed by atoms with Gasteiger partial charge in [-0.2, -0.15) is 4.98 Å². The maximum atomic E-state index is 5.26. The maximum absolute atomic E-state index is 5.26. The second kappa shape index (κ2) is 4.61. The summed E-state index contributed by atoms with van der Waals surface area (Å²) in [5, 5.41) is 7.35. The van der Waals surface area contributed by atoms with Gasteiger partial charge >= 0.3 is 0 Å². The minimum absolute atomic E-state index is 0.255. The van der Waals surface area contributed by atoms with Crippen molar-refractivity contribution < 1.29 is 4.52 Å². The molecule has 5 nitrogen and oxygen atoms in total. The van der Waals surface area contributed by atoms with Gasteiger partial charge < -0.3 is 14.7 Å². The highest BCUT2D eigenvalue weighted by atomic mass is 16.5. The Hall–Kier alpha value is -1.10. The van der Waals surface area contributed by atoms with Crippen LogP contribution in [0.4, 0.5) is 5.95 Å². The number of aromatic nitrogens is 2. The van der Waals surface area contributed by atoms with E-state index in [1.807, 2.05) is 11.9 Å². The van der Waals surface area contributed by atoms with E-state index in [1.54, 1.807) is 0 Å². The van der Waals surface area contributed by atoms with Crippen LogP contribution < -0.4 is 10.2 Å². The van der Waals surface area contributed by atoms with Crippen LogP contribution in [0.15, 0.2) is 4.52 Å². The fraction of sp³-hybridized carbons (Fsp3) is 0.800. The van der Waals surface area contributed by atoms with Gasteiger partial charge in [0.2, 0.25) is 5.89 Å². The van der Waals surface area contributed by atoms with E-state index in [2.05, 4.69) is 22.4 Å². The predicted molar refractivity (Wildman–Crippen MR) is 57.8 cm³/mol. The van der Waals surface area contributed by atoms with Crippen LogP contribution in [-0.2, 0) is 0 Å². The summed E-state index contributed by atoms with van der Waals surface area (Å²) < 4.78 is 5.26. The Labute approximate surface area is 89.8 Å². The lowest BCUT2D eigenvalue weighted by atomic mass is 10.1. The summed E-state index contributed by atoms with van der Waals surface area (Å²) in [6.45, 7) is 4.00. The van der Waals surface area contributed by atoms with Gasteiger partial charge in [-0.25, -0.2) is 0 Å². The number of anilines is 1. The van der Waals surface area contributed by atoms with E-state index in [9.17, 15) is 0 Å². The van der Waals surface area contributed by atoms with Crippen molar-refractivity contribution in [1.82, 2.24) is 15.5 Å². The zero-order valence-electron chi connectivity index (χ0n) is 9.36. The summed E-state index contributed by atoms with van der Waals surface area (Å²) in [6.07, 6.45) is 3.57. The van der Waals surface area contributed by atoms with Gasteiger partial charge in [-0.05, 0) is 31.5 Å². The van der Waals surface area contributed by atoms with E-state index < -0.39 is 0 Å². The largest absolute Gasteiger partial charge is 0.342 e. The lowest BCUT2D eigenvalue weighted by Gasteiger charge is -2.19. The number of hydrogen-bond acceptors (Lipinski definition) is 5. The smallest absolute Gasteiger partial charge is 0.265 e. The van der Waals surface area contributed by atoms with E-state index in [1.165, 1.54) is 12.8 Å². The van der Waals surface area contributed by atoms with E-state index in [-0.39, 0.29) is 6.04 Å². The van der Waals surface area contributed by atoms with Gasteiger partial charge in [-0.3, -0.25) is 0 Å². The molecule has 1 aromatic heterocycles. The van der Waals surface area contributed by atoms with Gasteiger partial charge in [0.25, 0.3) is 5.95 Å². The average molecular weight is 210 g/mol. The van der Waals surface area contributed by atoms with Gasteiger partial charge in [0.1, 0.15) is 0 Å². The van der Waals surface area contributed by atoms with Crippen LogP contribution in [0.25, 0.3) is 0 Å². The highest BCUT2D eigenvalue weighted by Crippen LogP contribution is 2.22. The zero-order valence-corrected chi connectivity index (χ0v) is 9.36. The van der Waals surface area contributed by atoms with Crippen LogP contribution in [0.2, 0.25) is 0 Å². The highest BCUT2D eigenvalue weighted by molar-refractivity contribution is 5.25. The summed E-state index contributed by atoms with van der Waals surface area (Å²) in [7, 11) is 1.96. The second-order valence-electron chi connectivity index (χ2n) is 3.95. The maximum Gasteiger partial charge on any atom is 0.265 e. The van der Waals surface area contributed by atoms with Crippen LogP contribution in [0, 0.1) is 0 Å². The Morgan fingerprint density at radius 1 is 1.53 bits per heavy atom. The minimum atomic E-state index is 0.255. The lowest BCUT2D eigenvalue weighted by Crippen LogP contribution is -2.27. The van der Waals surface area contributed by atoms with Crippen molar-refractivity contribution in [3.63, 3.8) is 0 Å². The standard InChI is InChI=1S/C10H18N4O/c1-3-14(2)10-12-9(15-13-10)8-6-4-5-7-11-8/h8,11H,3-7H2,1-2H3. The molecule has 0 amide bonds. The summed E-state index contributed by atoms with van der Waals surface area (Å²) >= 11 is 0. The van der Waals surface area contributed by atoms with E-state index >= 15 is 0 Å². The molecular weight excluding hydrogens is 192 g/mol. The van der Waals surface area contributed by atoms with Crippen molar-refractivity contribution in [2.24, 2.45) is 0 Å². The Bertz CT molecular complexity index is 306. The predicted octanol–water partition coefficient (Wildman–Crippen LogP) is 1.34. The Morgan fingerprint density at radius 3 is 3.07 bits per heavy atom. The molecule has 84 valence electrons. The van der Waals surface area contributed by atoms with Crippen LogP contribution >= 0.6 is 0 Å². The SMILES string of the molecule is CCN(C)c1noc(C2CCCCN2)n1. The first kappa shape index (κ1) is 10.4. The van der Waals surface area contributed by atoms with Crippen molar-refractivity contribution in [2.75, 3.05) is 25.0 Å². The van der Waals surface area contributed by atoms with Crippen molar-refractivity contribution in [3.05, 3.63) is 5.89 Å². The van der Waals surface area contributed by atoms with Crippen molar-refractivity contribution in [2.45, 2.75) is 32.2 Å². The molecule has 2 heterocycles. The molecule has 1 aromatic rings. The van der Waals surface area contributed by atoms with Crippen LogP contribution in [0.1, 0.15) is 38.1 Å². The van der Waals surface area contributed by atoms with Crippen LogP contribution in [0.5, 0.6) is 0 Å². The van der Waals surface area contributed by atoms with Crippen LogP contribution in [0.3, 0.4) is 0 Å². The quantitative estimate of drug-likeness (QED) is 0.816. The van der Waals surface area contributed by atoms with E-state index in [0.29, 0.717) is 5.95 Å². The first-order chi connectivity index (χ1) is 7.31. The van der Waals surface area contributed by atoms with E-state index in [0.717, 1.165) is 25.4 Å². The summed E-state index contributed by atoms with van der Waals surface area (Å²) in [5.74, 6) is 1.41. The number of hydrogen-bond donors (Lipinski definition) is 1. The number of nitrogens with one attached hydrogen (secondary N) is 1. The van der Waals surface area contributed by atoms with Gasteiger partial charge in [-0.1, -0.05) is 6.42 Å². The third-order valence-corrected chi connectivity index (χ3v) is 2.86. The van der Waals surface area contributed by atoms with Crippen molar-refractivity contribution in [1.29, 1.82) is 0 Å². The molecule has 1 aliphatic rings. The molecule has 0 aliphatic carbocycles. The lowest BCUT2D eigenvalue weighted by molar-refractivity contribution is 0.297. The first-order valence-electron chi connectivity index (χ1n) is 5.59. The van der Waals surface area contributed by atoms with E-state index in [4.69, 9.17) is 4.52 Å². The fourth-order valence-corrected chi connectivity index (χ4v) is 1.73. The fourth-order valence-electron chi connectivity index (χ4n) is 1.73. The molecular formula is C10H18N4O. The number of nitrogens with zero attached hydrogens (tertiary/aromatic N) is 3. The molecule has 5 heteroatoms. The Balaban J connectivity index is 2.05. The Kier molecular flexibility index (Phi) is 3.20. The topological polar surface area (TPSA) is 54.2 Å². The molecule has 1 N–H and O–H groups in total. The molecule has 2 rings (SSSR count). The van der Waals surface area contributed by atoms with Gasteiger partial charge in [-0.15, -0.1) is 0 Å². The summed E-state index contributed by atoms with van der Waals surface area (Å²) in [5.41, 5.74) is 0. The van der Waals surface area contributed by atoms with Gasteiger partial charge in [0.05, 0.1) is 6.04 Å². The molecule has 1 unspecified atom stereocenters. The highest BCUT2D eigenvalue weighted by Gasteiger charge is 2.21. The zero-order chi connectivity index (χ0) is 10.7. The number of piperidine rings is 1. The monoisotopic (exact) mass is 210 g/mol. The molecule has 0 bridgehead atoms. The molecule has 1 fully saturated rings. The molecule has 15 heavy (non-hydrogen) atoms. The Morgan fingerprint density at radius 2 is 2.40 bits per heavy atom. The first-order valence-corrected chi connectivity index (χ1v) is 5.59. The summed E-state index contributed by atoms with van der Waals surface area (Å²) in [4.78, 5) is 6.36.